The van der Waals surface area contributed by atoms with E-state index in [1.165, 1.54) is 16.8 Å². The lowest BCUT2D eigenvalue weighted by atomic mass is 10.5. The van der Waals surface area contributed by atoms with Gasteiger partial charge in [0, 0.05) is 6.54 Å². The van der Waals surface area contributed by atoms with Gasteiger partial charge in [0.1, 0.15) is 0 Å². The van der Waals surface area contributed by atoms with Gasteiger partial charge >= 0.3 is 0 Å². The maximum atomic E-state index is 10.7. The van der Waals surface area contributed by atoms with Gasteiger partial charge in [-0.2, -0.15) is 0 Å². The van der Waals surface area contributed by atoms with Crippen molar-refractivity contribution in [2.75, 3.05) is 13.1 Å². The van der Waals surface area contributed by atoms with Crippen LogP contribution in [0.1, 0.15) is 6.42 Å². The summed E-state index contributed by atoms with van der Waals surface area (Å²) in [7, 11) is 0. The van der Waals surface area contributed by atoms with Crippen molar-refractivity contribution in [1.29, 1.82) is 0 Å². The van der Waals surface area contributed by atoms with Crippen molar-refractivity contribution in [3.05, 3.63) is 11.1 Å². The van der Waals surface area contributed by atoms with Crippen LogP contribution in [0, 0.1) is 0 Å². The smallest absolute Gasteiger partial charge is 0.214 e. The number of hydrogen-bond donors (Lipinski definition) is 0. The van der Waals surface area contributed by atoms with Crippen LogP contribution in [-0.2, 0) is 4.79 Å². The standard InChI is InChI=1S/C6H7NOS/c8-6-4-7-3-1-2-5(7)9-6/h2H,1,3-4H2. The van der Waals surface area contributed by atoms with Gasteiger partial charge in [-0.25, -0.2) is 0 Å². The lowest BCUT2D eigenvalue weighted by Gasteiger charge is -2.08. The van der Waals surface area contributed by atoms with E-state index in [-0.39, 0.29) is 0 Å². The molecule has 0 aromatic carbocycles. The van der Waals surface area contributed by atoms with Crippen molar-refractivity contribution < 1.29 is 4.79 Å². The molecule has 0 aromatic heterocycles. The Hall–Kier alpha value is -0.440. The molecule has 48 valence electrons. The minimum Gasteiger partial charge on any atom is -0.358 e. The van der Waals surface area contributed by atoms with Crippen LogP contribution < -0.4 is 0 Å². The molecule has 0 radical (unpaired) electrons. The summed E-state index contributed by atoms with van der Waals surface area (Å²) in [5.41, 5.74) is 0. The number of fused-ring (bicyclic) bond motifs is 1. The van der Waals surface area contributed by atoms with E-state index < -0.39 is 0 Å². The van der Waals surface area contributed by atoms with Crippen molar-refractivity contribution in [2.45, 2.75) is 6.42 Å². The highest BCUT2D eigenvalue weighted by atomic mass is 32.2. The molecule has 0 aromatic rings. The van der Waals surface area contributed by atoms with E-state index in [0.717, 1.165) is 13.0 Å². The lowest BCUT2D eigenvalue weighted by Crippen LogP contribution is -2.16. The Labute approximate surface area is 57.9 Å². The third-order valence-electron chi connectivity index (χ3n) is 1.57. The van der Waals surface area contributed by atoms with E-state index in [0.29, 0.717) is 11.7 Å². The molecule has 0 bridgehead atoms. The second-order valence-electron chi connectivity index (χ2n) is 2.23. The highest BCUT2D eigenvalue weighted by Crippen LogP contribution is 2.32. The average molecular weight is 141 g/mol. The van der Waals surface area contributed by atoms with Crippen molar-refractivity contribution in [3.8, 4) is 0 Å². The van der Waals surface area contributed by atoms with Gasteiger partial charge in [0.25, 0.3) is 0 Å². The monoisotopic (exact) mass is 141 g/mol. The molecule has 0 aliphatic carbocycles. The van der Waals surface area contributed by atoms with E-state index >= 15 is 0 Å². The SMILES string of the molecule is O=C1CN2CCC=C2S1. The first-order valence-corrected chi connectivity index (χ1v) is 3.84. The topological polar surface area (TPSA) is 20.3 Å². The van der Waals surface area contributed by atoms with Crippen LogP contribution in [0.15, 0.2) is 11.1 Å². The number of carbonyl (C=O) groups excluding carboxylic acids is 1. The lowest BCUT2D eigenvalue weighted by molar-refractivity contribution is -0.110. The quantitative estimate of drug-likeness (QED) is 0.498. The molecular formula is C6H7NOS. The summed E-state index contributed by atoms with van der Waals surface area (Å²) < 4.78 is 0. The molecule has 0 spiro atoms. The molecule has 1 saturated heterocycles. The Morgan fingerprint density at radius 2 is 2.56 bits per heavy atom. The van der Waals surface area contributed by atoms with Gasteiger partial charge in [-0.05, 0) is 18.2 Å². The van der Waals surface area contributed by atoms with Gasteiger partial charge in [-0.1, -0.05) is 6.08 Å². The van der Waals surface area contributed by atoms with E-state index in [1.807, 2.05) is 0 Å². The van der Waals surface area contributed by atoms with E-state index in [2.05, 4.69) is 11.0 Å². The second kappa shape index (κ2) is 1.77. The zero-order chi connectivity index (χ0) is 6.27. The minimum absolute atomic E-state index is 0.293. The fourth-order valence-corrected chi connectivity index (χ4v) is 2.09. The van der Waals surface area contributed by atoms with Crippen molar-refractivity contribution >= 4 is 16.9 Å². The first kappa shape index (κ1) is 5.35. The largest absolute Gasteiger partial charge is 0.358 e. The van der Waals surface area contributed by atoms with Crippen molar-refractivity contribution in [2.24, 2.45) is 0 Å². The minimum atomic E-state index is 0.293. The van der Waals surface area contributed by atoms with Gasteiger partial charge < -0.3 is 4.90 Å². The number of hydrogen-bond acceptors (Lipinski definition) is 3. The van der Waals surface area contributed by atoms with Gasteiger partial charge in [0.05, 0.1) is 11.6 Å². The molecule has 2 aliphatic rings. The molecule has 2 heterocycles. The predicted octanol–water partition coefficient (Wildman–Crippen LogP) is 0.807. The van der Waals surface area contributed by atoms with E-state index in [1.54, 1.807) is 0 Å². The molecular weight excluding hydrogens is 134 g/mol. The fraction of sp³-hybridized carbons (Fsp3) is 0.500. The summed E-state index contributed by atoms with van der Waals surface area (Å²) in [5.74, 6) is 0. The molecule has 0 saturated carbocycles. The van der Waals surface area contributed by atoms with E-state index in [4.69, 9.17) is 0 Å². The zero-order valence-corrected chi connectivity index (χ0v) is 5.78. The third kappa shape index (κ3) is 0.758. The Morgan fingerprint density at radius 1 is 1.67 bits per heavy atom. The first-order chi connectivity index (χ1) is 4.36. The van der Waals surface area contributed by atoms with Crippen LogP contribution in [-0.4, -0.2) is 23.1 Å². The molecule has 2 rings (SSSR count). The Bertz CT molecular complexity index is 187. The summed E-state index contributed by atoms with van der Waals surface area (Å²) >= 11 is 1.38. The van der Waals surface area contributed by atoms with Gasteiger partial charge in [0.15, 0.2) is 0 Å². The number of nitrogens with zero attached hydrogens (tertiary/aromatic N) is 1. The number of carbonyl (C=O) groups is 1. The van der Waals surface area contributed by atoms with Crippen LogP contribution in [0.4, 0.5) is 0 Å². The van der Waals surface area contributed by atoms with Gasteiger partial charge in [-0.3, -0.25) is 4.79 Å². The van der Waals surface area contributed by atoms with Crippen molar-refractivity contribution in [1.82, 2.24) is 4.90 Å². The summed E-state index contributed by atoms with van der Waals surface area (Å²) in [6.45, 7) is 1.69. The number of rotatable bonds is 0. The second-order valence-corrected chi connectivity index (χ2v) is 3.30. The summed E-state index contributed by atoms with van der Waals surface area (Å²) in [4.78, 5) is 12.9. The third-order valence-corrected chi connectivity index (χ3v) is 2.56. The summed E-state index contributed by atoms with van der Waals surface area (Å²) in [6.07, 6.45) is 3.26. The molecule has 9 heavy (non-hydrogen) atoms. The van der Waals surface area contributed by atoms with E-state index in [9.17, 15) is 4.79 Å². The molecule has 2 nitrogen and oxygen atoms in total. The van der Waals surface area contributed by atoms with Gasteiger partial charge in [-0.15, -0.1) is 0 Å². The zero-order valence-electron chi connectivity index (χ0n) is 4.96. The van der Waals surface area contributed by atoms with Crippen molar-refractivity contribution in [3.63, 3.8) is 0 Å². The molecule has 0 amide bonds. The molecule has 2 aliphatic heterocycles. The Balaban J connectivity index is 2.24. The molecule has 3 heteroatoms. The normalized spacial score (nSPS) is 24.7. The molecule has 0 unspecified atom stereocenters. The fourth-order valence-electron chi connectivity index (χ4n) is 1.15. The Kier molecular flexibility index (Phi) is 1.05. The van der Waals surface area contributed by atoms with Crippen LogP contribution in [0.25, 0.3) is 0 Å². The summed E-state index contributed by atoms with van der Waals surface area (Å²) in [5, 5.41) is 1.47. The van der Waals surface area contributed by atoms with Crippen LogP contribution >= 0.6 is 11.8 Å². The summed E-state index contributed by atoms with van der Waals surface area (Å²) in [6, 6.07) is 0. The highest BCUT2D eigenvalue weighted by Gasteiger charge is 2.27. The van der Waals surface area contributed by atoms with Crippen LogP contribution in [0.5, 0.6) is 0 Å². The maximum absolute atomic E-state index is 10.7. The van der Waals surface area contributed by atoms with Crippen LogP contribution in [0.3, 0.4) is 0 Å². The first-order valence-electron chi connectivity index (χ1n) is 3.02. The maximum Gasteiger partial charge on any atom is 0.214 e. The highest BCUT2D eigenvalue weighted by molar-refractivity contribution is 8.17. The van der Waals surface area contributed by atoms with Crippen LogP contribution in [0.2, 0.25) is 0 Å². The average Bonchev–Trinajstić information content (AvgIpc) is 2.22. The molecule has 1 fully saturated rings. The molecule has 0 N–H and O–H groups in total. The Morgan fingerprint density at radius 3 is 3.33 bits per heavy atom. The predicted molar refractivity (Wildman–Crippen MR) is 36.9 cm³/mol. The molecule has 0 atom stereocenters. The number of thioether (sulfide) groups is 1. The van der Waals surface area contributed by atoms with Gasteiger partial charge in [0.2, 0.25) is 5.12 Å².